The fourth-order valence-corrected chi connectivity index (χ4v) is 3.95. The van der Waals surface area contributed by atoms with Gasteiger partial charge >= 0.3 is 0 Å². The van der Waals surface area contributed by atoms with E-state index in [-0.39, 0.29) is 11.0 Å². The molecule has 1 spiro atoms. The molecule has 2 heterocycles. The molecule has 1 saturated heterocycles. The summed E-state index contributed by atoms with van der Waals surface area (Å²) >= 11 is 0. The van der Waals surface area contributed by atoms with E-state index in [9.17, 15) is 9.90 Å². The number of piperidine rings is 1. The zero-order valence-corrected chi connectivity index (χ0v) is 12.1. The molecule has 0 bridgehead atoms. The van der Waals surface area contributed by atoms with E-state index in [0.717, 1.165) is 31.6 Å². The molecular weight excluding hydrogens is 254 g/mol. The predicted octanol–water partition coefficient (Wildman–Crippen LogP) is 0.837. The minimum Gasteiger partial charge on any atom is -0.387 e. The summed E-state index contributed by atoms with van der Waals surface area (Å²) in [5.41, 5.74) is -0.174. The smallest absolute Gasteiger partial charge is 0.269 e. The molecule has 3 rings (SSSR count). The summed E-state index contributed by atoms with van der Waals surface area (Å²) in [7, 11) is 0. The molecule has 1 unspecified atom stereocenters. The Morgan fingerprint density at radius 3 is 2.90 bits per heavy atom. The molecule has 2 aliphatic rings. The zero-order valence-electron chi connectivity index (χ0n) is 12.1. The second kappa shape index (κ2) is 4.97. The average molecular weight is 277 g/mol. The van der Waals surface area contributed by atoms with Gasteiger partial charge in [-0.15, -0.1) is 0 Å². The molecule has 1 aliphatic heterocycles. The average Bonchev–Trinajstić information content (AvgIpc) is 2.88. The Morgan fingerprint density at radius 1 is 1.40 bits per heavy atom. The fraction of sp³-hybridized carbons (Fsp3) is 0.733. The van der Waals surface area contributed by atoms with Crippen molar-refractivity contribution in [3.05, 3.63) is 28.4 Å². The Bertz CT molecular complexity index is 548. The number of aliphatic hydroxyl groups is 1. The van der Waals surface area contributed by atoms with E-state index in [1.165, 1.54) is 19.0 Å². The third kappa shape index (κ3) is 2.19. The van der Waals surface area contributed by atoms with Crippen LogP contribution in [0.5, 0.6) is 0 Å². The lowest BCUT2D eigenvalue weighted by Gasteiger charge is -2.49. The Balaban J connectivity index is 1.93. The predicted molar refractivity (Wildman–Crippen MR) is 76.6 cm³/mol. The van der Waals surface area contributed by atoms with E-state index in [0.29, 0.717) is 13.0 Å². The van der Waals surface area contributed by atoms with Crippen LogP contribution in [0, 0.1) is 12.3 Å². The standard InChI is InChI=1S/C15H23N3O2/c1-12-9-18(13(19)8-17-12)11-15(20)6-7-16-10-14(15)4-2-3-5-14/h8-9,16,20H,2-7,10-11H2,1H3. The molecule has 110 valence electrons. The normalized spacial score (nSPS) is 28.9. The highest BCUT2D eigenvalue weighted by molar-refractivity contribution is 5.07. The van der Waals surface area contributed by atoms with E-state index in [4.69, 9.17) is 0 Å². The fourth-order valence-electron chi connectivity index (χ4n) is 3.95. The van der Waals surface area contributed by atoms with E-state index in [1.54, 1.807) is 10.8 Å². The SMILES string of the molecule is Cc1cn(CC2(O)CCNCC23CCCC3)c(=O)cn1. The summed E-state index contributed by atoms with van der Waals surface area (Å²) in [5.74, 6) is 0. The largest absolute Gasteiger partial charge is 0.387 e. The van der Waals surface area contributed by atoms with Crippen molar-refractivity contribution in [1.29, 1.82) is 0 Å². The first-order valence-electron chi connectivity index (χ1n) is 7.51. The third-order valence-corrected chi connectivity index (χ3v) is 5.16. The molecule has 1 aromatic rings. The number of hydrogen-bond donors (Lipinski definition) is 2. The van der Waals surface area contributed by atoms with Crippen molar-refractivity contribution < 1.29 is 5.11 Å². The Morgan fingerprint density at radius 2 is 2.15 bits per heavy atom. The summed E-state index contributed by atoms with van der Waals surface area (Å²) in [6.07, 6.45) is 8.26. The van der Waals surface area contributed by atoms with Crippen molar-refractivity contribution in [3.8, 4) is 0 Å². The molecule has 0 aromatic carbocycles. The Kier molecular flexibility index (Phi) is 3.42. The van der Waals surface area contributed by atoms with Crippen molar-refractivity contribution in [2.75, 3.05) is 13.1 Å². The lowest BCUT2D eigenvalue weighted by atomic mass is 9.66. The van der Waals surface area contributed by atoms with Gasteiger partial charge in [-0.1, -0.05) is 12.8 Å². The van der Waals surface area contributed by atoms with Crippen LogP contribution >= 0.6 is 0 Å². The van der Waals surface area contributed by atoms with Gasteiger partial charge in [-0.25, -0.2) is 0 Å². The van der Waals surface area contributed by atoms with Gasteiger partial charge in [-0.05, 0) is 32.7 Å². The number of aryl methyl sites for hydroxylation is 1. The van der Waals surface area contributed by atoms with Gasteiger partial charge in [-0.2, -0.15) is 0 Å². The quantitative estimate of drug-likeness (QED) is 0.840. The molecule has 1 aliphatic carbocycles. The number of hydrogen-bond acceptors (Lipinski definition) is 4. The van der Waals surface area contributed by atoms with Crippen molar-refractivity contribution in [3.63, 3.8) is 0 Å². The van der Waals surface area contributed by atoms with Crippen LogP contribution < -0.4 is 10.9 Å². The molecule has 1 atom stereocenters. The molecular formula is C15H23N3O2. The summed E-state index contributed by atoms with van der Waals surface area (Å²) in [4.78, 5) is 16.0. The maximum atomic E-state index is 12.0. The van der Waals surface area contributed by atoms with Crippen LogP contribution in [0.4, 0.5) is 0 Å². The summed E-state index contributed by atoms with van der Waals surface area (Å²) in [5, 5.41) is 14.7. The zero-order chi connectivity index (χ0) is 14.2. The molecule has 1 aromatic heterocycles. The molecule has 2 N–H and O–H groups in total. The molecule has 1 saturated carbocycles. The molecule has 5 heteroatoms. The van der Waals surface area contributed by atoms with Crippen LogP contribution in [0.3, 0.4) is 0 Å². The van der Waals surface area contributed by atoms with Crippen LogP contribution in [0.25, 0.3) is 0 Å². The van der Waals surface area contributed by atoms with Gasteiger partial charge in [-0.3, -0.25) is 9.78 Å². The second-order valence-electron chi connectivity index (χ2n) is 6.44. The van der Waals surface area contributed by atoms with Gasteiger partial charge < -0.3 is 15.0 Å². The molecule has 2 fully saturated rings. The molecule has 0 radical (unpaired) electrons. The number of nitrogens with zero attached hydrogens (tertiary/aromatic N) is 2. The first kappa shape index (κ1) is 13.8. The number of aromatic nitrogens is 2. The van der Waals surface area contributed by atoms with Gasteiger partial charge in [0.15, 0.2) is 0 Å². The van der Waals surface area contributed by atoms with Gasteiger partial charge in [0.2, 0.25) is 0 Å². The van der Waals surface area contributed by atoms with E-state index < -0.39 is 5.60 Å². The van der Waals surface area contributed by atoms with Gasteiger partial charge in [0, 0.05) is 18.2 Å². The monoisotopic (exact) mass is 277 g/mol. The van der Waals surface area contributed by atoms with Crippen LogP contribution in [0.2, 0.25) is 0 Å². The highest BCUT2D eigenvalue weighted by Gasteiger charge is 2.53. The third-order valence-electron chi connectivity index (χ3n) is 5.16. The van der Waals surface area contributed by atoms with Crippen molar-refractivity contribution in [1.82, 2.24) is 14.9 Å². The van der Waals surface area contributed by atoms with E-state index in [1.807, 2.05) is 6.92 Å². The lowest BCUT2D eigenvalue weighted by Crippen LogP contribution is -2.60. The molecule has 0 amide bonds. The first-order chi connectivity index (χ1) is 9.55. The minimum absolute atomic E-state index is 0.0676. The maximum absolute atomic E-state index is 12.0. The van der Waals surface area contributed by atoms with E-state index in [2.05, 4.69) is 10.3 Å². The maximum Gasteiger partial charge on any atom is 0.269 e. The van der Waals surface area contributed by atoms with Crippen LogP contribution in [-0.4, -0.2) is 33.3 Å². The van der Waals surface area contributed by atoms with Crippen molar-refractivity contribution in [2.45, 2.75) is 51.2 Å². The molecule has 20 heavy (non-hydrogen) atoms. The summed E-state index contributed by atoms with van der Waals surface area (Å²) in [6.45, 7) is 3.93. The topological polar surface area (TPSA) is 67.2 Å². The van der Waals surface area contributed by atoms with Crippen LogP contribution in [-0.2, 0) is 6.54 Å². The lowest BCUT2D eigenvalue weighted by molar-refractivity contribution is -0.115. The van der Waals surface area contributed by atoms with Gasteiger partial charge in [0.05, 0.1) is 24.0 Å². The second-order valence-corrected chi connectivity index (χ2v) is 6.44. The summed E-state index contributed by atoms with van der Waals surface area (Å²) in [6, 6.07) is 0. The highest BCUT2D eigenvalue weighted by atomic mass is 16.3. The van der Waals surface area contributed by atoms with Crippen LogP contribution in [0.1, 0.15) is 37.8 Å². The number of rotatable bonds is 2. The Labute approximate surface area is 119 Å². The van der Waals surface area contributed by atoms with Gasteiger partial charge in [0.25, 0.3) is 5.56 Å². The van der Waals surface area contributed by atoms with Crippen molar-refractivity contribution in [2.24, 2.45) is 5.41 Å². The van der Waals surface area contributed by atoms with Gasteiger partial charge in [0.1, 0.15) is 0 Å². The molecule has 5 nitrogen and oxygen atoms in total. The van der Waals surface area contributed by atoms with Crippen molar-refractivity contribution >= 4 is 0 Å². The minimum atomic E-state index is -0.785. The highest BCUT2D eigenvalue weighted by Crippen LogP contribution is 2.49. The Hall–Kier alpha value is -1.20. The van der Waals surface area contributed by atoms with E-state index >= 15 is 0 Å². The first-order valence-corrected chi connectivity index (χ1v) is 7.51. The number of nitrogens with one attached hydrogen (secondary N) is 1. The summed E-state index contributed by atoms with van der Waals surface area (Å²) < 4.78 is 1.63. The van der Waals surface area contributed by atoms with Crippen LogP contribution in [0.15, 0.2) is 17.2 Å².